The minimum absolute atomic E-state index is 0.00240. The molecule has 0 spiro atoms. The van der Waals surface area contributed by atoms with Crippen LogP contribution in [0.3, 0.4) is 0 Å². The lowest BCUT2D eigenvalue weighted by molar-refractivity contribution is -0.143. The van der Waals surface area contributed by atoms with E-state index in [4.69, 9.17) is 16.7 Å². The molecule has 1 aliphatic heterocycles. The number of hydrogen-bond donors (Lipinski definition) is 2. The van der Waals surface area contributed by atoms with Crippen LogP contribution < -0.4 is 5.32 Å². The molecule has 2 N–H and O–H groups in total. The highest BCUT2D eigenvalue weighted by Crippen LogP contribution is 2.23. The number of ketones is 1. The van der Waals surface area contributed by atoms with Crippen molar-refractivity contribution >= 4 is 29.2 Å². The van der Waals surface area contributed by atoms with Gasteiger partial charge in [-0.3, -0.25) is 14.4 Å². The monoisotopic (exact) mass is 338 g/mol. The number of hydrogen-bond acceptors (Lipinski definition) is 4. The van der Waals surface area contributed by atoms with Gasteiger partial charge in [-0.2, -0.15) is 0 Å². The lowest BCUT2D eigenvalue weighted by Gasteiger charge is -2.23. The molecule has 2 unspecified atom stereocenters. The smallest absolute Gasteiger partial charge is 0.289 e. The average molecular weight is 339 g/mol. The first-order chi connectivity index (χ1) is 10.9. The van der Waals surface area contributed by atoms with Gasteiger partial charge >= 0.3 is 0 Å². The molecule has 0 aliphatic carbocycles. The molecule has 0 saturated carbocycles. The van der Waals surface area contributed by atoms with Crippen molar-refractivity contribution in [2.24, 2.45) is 0 Å². The largest absolute Gasteiger partial charge is 0.392 e. The molecule has 0 radical (unpaired) electrons. The minimum Gasteiger partial charge on any atom is -0.392 e. The summed E-state index contributed by atoms with van der Waals surface area (Å²) in [5.74, 6) is -1.57. The number of benzene rings is 1. The molecule has 1 aromatic rings. The van der Waals surface area contributed by atoms with E-state index in [2.05, 4.69) is 5.32 Å². The molecule has 6 nitrogen and oxygen atoms in total. The Morgan fingerprint density at radius 2 is 2.04 bits per heavy atom. The Labute approximate surface area is 139 Å². The van der Waals surface area contributed by atoms with Crippen LogP contribution in [0.5, 0.6) is 0 Å². The third kappa shape index (κ3) is 4.53. The standard InChI is InChI=1S/C16H19ClN2O4/c1-10(20)8-18-16(23)15(22)13-6-7-14(21)19(13)9-11-2-4-12(17)5-3-11/h2-5,10,13,20H,6-9H2,1H3,(H,18,23). The molecule has 2 amide bonds. The lowest BCUT2D eigenvalue weighted by atomic mass is 10.1. The zero-order chi connectivity index (χ0) is 17.0. The normalized spacial score (nSPS) is 18.8. The molecule has 124 valence electrons. The zero-order valence-electron chi connectivity index (χ0n) is 12.8. The van der Waals surface area contributed by atoms with Gasteiger partial charge < -0.3 is 15.3 Å². The molecule has 1 saturated heterocycles. The molecular formula is C16H19ClN2O4. The van der Waals surface area contributed by atoms with E-state index in [9.17, 15) is 14.4 Å². The summed E-state index contributed by atoms with van der Waals surface area (Å²) in [7, 11) is 0. The van der Waals surface area contributed by atoms with Crippen LogP contribution in [0.4, 0.5) is 0 Å². The maximum absolute atomic E-state index is 12.2. The van der Waals surface area contributed by atoms with Crippen molar-refractivity contribution in [3.63, 3.8) is 0 Å². The second-order valence-electron chi connectivity index (χ2n) is 5.63. The molecule has 23 heavy (non-hydrogen) atoms. The Morgan fingerprint density at radius 3 is 2.65 bits per heavy atom. The number of likely N-dealkylation sites (tertiary alicyclic amines) is 1. The number of Topliss-reactive ketones (excluding diaryl/α,β-unsaturated/α-hetero) is 1. The summed E-state index contributed by atoms with van der Waals surface area (Å²) in [4.78, 5) is 37.6. The summed E-state index contributed by atoms with van der Waals surface area (Å²) < 4.78 is 0. The van der Waals surface area contributed by atoms with E-state index in [1.807, 2.05) is 0 Å². The molecule has 0 bridgehead atoms. The summed E-state index contributed by atoms with van der Waals surface area (Å²) in [5, 5.41) is 12.1. The third-order valence-corrected chi connectivity index (χ3v) is 3.93. The highest BCUT2D eigenvalue weighted by atomic mass is 35.5. The highest BCUT2D eigenvalue weighted by molar-refractivity contribution is 6.38. The number of carbonyl (C=O) groups is 3. The van der Waals surface area contributed by atoms with E-state index < -0.39 is 23.8 Å². The van der Waals surface area contributed by atoms with Gasteiger partial charge in [0.05, 0.1) is 6.10 Å². The van der Waals surface area contributed by atoms with E-state index in [0.717, 1.165) is 5.56 Å². The SMILES string of the molecule is CC(O)CNC(=O)C(=O)C1CCC(=O)N1Cc1ccc(Cl)cc1. The molecule has 1 aromatic carbocycles. The molecule has 2 rings (SSSR count). The van der Waals surface area contributed by atoms with Crippen molar-refractivity contribution < 1.29 is 19.5 Å². The van der Waals surface area contributed by atoms with Crippen LogP contribution in [0.15, 0.2) is 24.3 Å². The number of amides is 2. The van der Waals surface area contributed by atoms with Crippen LogP contribution in [0.25, 0.3) is 0 Å². The van der Waals surface area contributed by atoms with Gasteiger partial charge in [0.15, 0.2) is 0 Å². The maximum Gasteiger partial charge on any atom is 0.289 e. The van der Waals surface area contributed by atoms with Crippen LogP contribution in [0.2, 0.25) is 5.02 Å². The van der Waals surface area contributed by atoms with Crippen LogP contribution >= 0.6 is 11.6 Å². The number of nitrogens with zero attached hydrogens (tertiary/aromatic N) is 1. The zero-order valence-corrected chi connectivity index (χ0v) is 13.5. The fourth-order valence-electron chi connectivity index (χ4n) is 2.47. The first-order valence-corrected chi connectivity index (χ1v) is 7.80. The molecule has 7 heteroatoms. The highest BCUT2D eigenvalue weighted by Gasteiger charge is 2.38. The van der Waals surface area contributed by atoms with Crippen LogP contribution in [0, 0.1) is 0 Å². The Hall–Kier alpha value is -1.92. The van der Waals surface area contributed by atoms with Crippen molar-refractivity contribution in [2.75, 3.05) is 6.54 Å². The van der Waals surface area contributed by atoms with E-state index in [-0.39, 0.29) is 25.4 Å². The predicted octanol–water partition coefficient (Wildman–Crippen LogP) is 0.897. The van der Waals surface area contributed by atoms with Gasteiger partial charge in [0.25, 0.3) is 5.91 Å². The van der Waals surface area contributed by atoms with Gasteiger partial charge in [0, 0.05) is 24.5 Å². The molecule has 1 aliphatic rings. The van der Waals surface area contributed by atoms with Crippen LogP contribution in [-0.4, -0.2) is 46.3 Å². The number of aliphatic hydroxyl groups is 1. The summed E-state index contributed by atoms with van der Waals surface area (Å²) in [6.45, 7) is 1.77. The molecular weight excluding hydrogens is 320 g/mol. The Morgan fingerprint density at radius 1 is 1.39 bits per heavy atom. The van der Waals surface area contributed by atoms with Gasteiger partial charge in [-0.15, -0.1) is 0 Å². The van der Waals surface area contributed by atoms with Gasteiger partial charge in [-0.05, 0) is 31.0 Å². The maximum atomic E-state index is 12.2. The Balaban J connectivity index is 2.05. The van der Waals surface area contributed by atoms with Gasteiger partial charge in [0.1, 0.15) is 6.04 Å². The second-order valence-corrected chi connectivity index (χ2v) is 6.06. The first-order valence-electron chi connectivity index (χ1n) is 7.42. The van der Waals surface area contributed by atoms with E-state index in [1.165, 1.54) is 11.8 Å². The molecule has 1 heterocycles. The summed E-state index contributed by atoms with van der Waals surface area (Å²) in [6, 6.07) is 6.23. The van der Waals surface area contributed by atoms with E-state index >= 15 is 0 Å². The van der Waals surface area contributed by atoms with Crippen molar-refractivity contribution in [1.29, 1.82) is 0 Å². The van der Waals surface area contributed by atoms with Gasteiger partial charge in [-0.25, -0.2) is 0 Å². The third-order valence-electron chi connectivity index (χ3n) is 3.68. The topological polar surface area (TPSA) is 86.7 Å². The van der Waals surface area contributed by atoms with Crippen molar-refractivity contribution in [2.45, 2.75) is 38.5 Å². The summed E-state index contributed by atoms with van der Waals surface area (Å²) in [5.41, 5.74) is 0.840. The van der Waals surface area contributed by atoms with Crippen molar-refractivity contribution in [1.82, 2.24) is 10.2 Å². The Bertz CT molecular complexity index is 601. The number of carbonyl (C=O) groups excluding carboxylic acids is 3. The second kappa shape index (κ2) is 7.57. The number of nitrogens with one attached hydrogen (secondary N) is 1. The minimum atomic E-state index is -0.772. The Kier molecular flexibility index (Phi) is 5.74. The van der Waals surface area contributed by atoms with E-state index in [0.29, 0.717) is 11.4 Å². The van der Waals surface area contributed by atoms with Gasteiger partial charge in [-0.1, -0.05) is 23.7 Å². The van der Waals surface area contributed by atoms with Gasteiger partial charge in [0.2, 0.25) is 11.7 Å². The molecule has 2 atom stereocenters. The average Bonchev–Trinajstić information content (AvgIpc) is 2.87. The number of rotatable bonds is 6. The molecule has 1 fully saturated rings. The predicted molar refractivity (Wildman–Crippen MR) is 84.7 cm³/mol. The van der Waals surface area contributed by atoms with Crippen molar-refractivity contribution in [3.05, 3.63) is 34.9 Å². The number of aliphatic hydroxyl groups excluding tert-OH is 1. The summed E-state index contributed by atoms with van der Waals surface area (Å²) in [6.07, 6.45) is -0.164. The van der Waals surface area contributed by atoms with Crippen LogP contribution in [-0.2, 0) is 20.9 Å². The fraction of sp³-hybridized carbons (Fsp3) is 0.438. The molecule has 0 aromatic heterocycles. The fourth-order valence-corrected chi connectivity index (χ4v) is 2.60. The van der Waals surface area contributed by atoms with E-state index in [1.54, 1.807) is 24.3 Å². The lowest BCUT2D eigenvalue weighted by Crippen LogP contribution is -2.46. The first kappa shape index (κ1) is 17.4. The van der Waals surface area contributed by atoms with Crippen molar-refractivity contribution in [3.8, 4) is 0 Å². The number of halogens is 1. The summed E-state index contributed by atoms with van der Waals surface area (Å²) >= 11 is 5.83. The quantitative estimate of drug-likeness (QED) is 0.754. The van der Waals surface area contributed by atoms with Crippen LogP contribution in [0.1, 0.15) is 25.3 Å².